The summed E-state index contributed by atoms with van der Waals surface area (Å²) in [6.45, 7) is 9.22. The number of nitrogens with one attached hydrogen (secondary N) is 1. The molecule has 28 aromatic carbocycles. The molecule has 73 heavy (non-hydrogen) atoms. The molecule has 1 heterocycles. The van der Waals surface area contributed by atoms with E-state index in [9.17, 15) is 4.79 Å². The van der Waals surface area contributed by atoms with Crippen LogP contribution in [0.15, 0.2) is 0 Å². The first-order chi connectivity index (χ1) is 35.9. The standard InChI is InChI=1S/C69H18N2O2/c1-67(2,3)73-66(72)70-4-5-71-6-68-62-54-46-36-26-18-10-8-9-12-16-14(10)22-30-24(16)34-28-20(12)21-13(9)17-15-11(8)19(18)27-33-23(15)31-25(17)35-29(21)39-38(28)48-42(34)52-44(30)50(40(46)32(22)26)58(62)60(52)64-56(48)57-49(39)43(35)53-45(31)51-41(33)47(37(27)36)55(54)63(68)59(51)61(53)65(57)69(64,68)7-71/h4-7H2,1-3H3,(H,70,72). The highest BCUT2D eigenvalue weighted by molar-refractivity contribution is 6.82. The molecule has 4 aliphatic carbocycles. The maximum Gasteiger partial charge on any atom is 0.407 e. The molecule has 1 saturated heterocycles. The van der Waals surface area contributed by atoms with Gasteiger partial charge < -0.3 is 10.1 Å². The zero-order valence-electron chi connectivity index (χ0n) is 38.6. The topological polar surface area (TPSA) is 41.6 Å². The Morgan fingerprint density at radius 3 is 0.658 bits per heavy atom. The molecule has 5 aliphatic rings. The van der Waals surface area contributed by atoms with Crippen molar-refractivity contribution >= 4 is 297 Å². The lowest BCUT2D eigenvalue weighted by atomic mass is 9.50. The quantitative estimate of drug-likeness (QED) is 0.180. The van der Waals surface area contributed by atoms with Gasteiger partial charge >= 0.3 is 6.09 Å². The summed E-state index contributed by atoms with van der Waals surface area (Å²) in [5, 5.41) is 92.1. The van der Waals surface area contributed by atoms with Gasteiger partial charge in [-0.05, 0) is 334 Å². The summed E-state index contributed by atoms with van der Waals surface area (Å²) < 4.78 is 5.89. The minimum absolute atomic E-state index is 0.274. The van der Waals surface area contributed by atoms with Crippen LogP contribution in [0.5, 0.6) is 0 Å². The van der Waals surface area contributed by atoms with Crippen molar-refractivity contribution in [2.75, 3.05) is 26.2 Å². The Kier molecular flexibility index (Phi) is 2.57. The summed E-state index contributed by atoms with van der Waals surface area (Å²) in [7, 11) is 0. The number of hydrogen-bond donors (Lipinski definition) is 1. The Bertz CT molecular complexity index is 6710. The molecule has 0 bridgehead atoms. The van der Waals surface area contributed by atoms with Crippen LogP contribution in [0.1, 0.15) is 43.0 Å². The van der Waals surface area contributed by atoms with Gasteiger partial charge in [0.25, 0.3) is 0 Å². The molecular weight excluding hydrogens is 889 g/mol. The van der Waals surface area contributed by atoms with E-state index >= 15 is 0 Å². The zero-order chi connectivity index (χ0) is 44.4. The van der Waals surface area contributed by atoms with Gasteiger partial charge in [0.2, 0.25) is 0 Å². The molecule has 28 aromatic rings. The molecule has 0 radical (unpaired) electrons. The van der Waals surface area contributed by atoms with Crippen molar-refractivity contribution in [3.63, 3.8) is 0 Å². The summed E-state index contributed by atoms with van der Waals surface area (Å²) in [6, 6.07) is 0. The number of amides is 1. The van der Waals surface area contributed by atoms with Gasteiger partial charge in [-0.2, -0.15) is 0 Å². The van der Waals surface area contributed by atoms with E-state index in [2.05, 4.69) is 10.2 Å². The van der Waals surface area contributed by atoms with Crippen molar-refractivity contribution in [2.45, 2.75) is 37.2 Å². The monoisotopic (exact) mass is 906 g/mol. The maximum atomic E-state index is 13.5. The van der Waals surface area contributed by atoms with Crippen LogP contribution in [0.2, 0.25) is 0 Å². The first-order valence-corrected chi connectivity index (χ1v) is 27.4. The van der Waals surface area contributed by atoms with Gasteiger partial charge in [-0.1, -0.05) is 0 Å². The molecule has 1 amide bonds. The minimum Gasteiger partial charge on any atom is -0.444 e. The van der Waals surface area contributed by atoms with Crippen LogP contribution in [-0.4, -0.2) is 42.8 Å². The fourth-order valence-corrected chi connectivity index (χ4v) is 25.7. The van der Waals surface area contributed by atoms with Crippen molar-refractivity contribution in [2.24, 2.45) is 0 Å². The van der Waals surface area contributed by atoms with Gasteiger partial charge in [0.15, 0.2) is 0 Å². The number of benzene rings is 18. The van der Waals surface area contributed by atoms with Gasteiger partial charge in [-0.15, -0.1) is 0 Å². The van der Waals surface area contributed by atoms with Gasteiger partial charge in [0.1, 0.15) is 5.60 Å². The SMILES string of the molecule is CC(C)(C)OC(=O)NCCN1CC23c4c5c6c7c8c9c(c%10c%11c2c2c4c4c%12c5c5c6c6c8c8c%13c9c9c%10c%10c%11c%11c2c2c4c4c%12c%12c5c5c6c8c6c8c%13c9c9c%10c%10c%11c2c2c4c4c%12c5c6c5c8c9c%10c2c45)C73C1. The van der Waals surface area contributed by atoms with Crippen molar-refractivity contribution in [1.29, 1.82) is 0 Å². The molecule has 4 heteroatoms. The van der Waals surface area contributed by atoms with E-state index in [4.69, 9.17) is 4.74 Å². The summed E-state index contributed by atoms with van der Waals surface area (Å²) >= 11 is 0. The van der Waals surface area contributed by atoms with E-state index in [0.717, 1.165) is 19.6 Å². The van der Waals surface area contributed by atoms with Crippen LogP contribution in [0.3, 0.4) is 0 Å². The number of nitrogens with zero attached hydrogens (tertiary/aromatic N) is 1. The van der Waals surface area contributed by atoms with E-state index in [-0.39, 0.29) is 16.9 Å². The summed E-state index contributed by atoms with van der Waals surface area (Å²) in [6.07, 6.45) is -0.308. The lowest BCUT2D eigenvalue weighted by Gasteiger charge is -2.49. The van der Waals surface area contributed by atoms with Crippen LogP contribution >= 0.6 is 0 Å². The number of ether oxygens (including phenoxy) is 1. The Morgan fingerprint density at radius 1 is 0.329 bits per heavy atom. The molecule has 0 atom stereocenters. The highest BCUT2D eigenvalue weighted by Crippen LogP contribution is 2.85. The van der Waals surface area contributed by atoms with E-state index in [1.165, 1.54) is 0 Å². The Labute approximate surface area is 400 Å². The molecule has 0 aromatic heterocycles. The number of carbonyl (C=O) groups is 1. The van der Waals surface area contributed by atoms with Crippen molar-refractivity contribution in [3.05, 3.63) is 22.3 Å². The number of hydrogen-bond acceptors (Lipinski definition) is 3. The summed E-state index contributed by atoms with van der Waals surface area (Å²) in [5.74, 6) is 0. The molecule has 0 saturated carbocycles. The molecule has 4 nitrogen and oxygen atoms in total. The Morgan fingerprint density at radius 2 is 0.493 bits per heavy atom. The molecule has 0 unspecified atom stereocenters. The molecule has 33 rings (SSSR count). The predicted octanol–water partition coefficient (Wildman–Crippen LogP) is 17.1. The lowest BCUT2D eigenvalue weighted by molar-refractivity contribution is 0.0523. The predicted molar refractivity (Wildman–Crippen MR) is 305 cm³/mol. The summed E-state index contributed by atoms with van der Waals surface area (Å²) in [4.78, 5) is 16.3. The van der Waals surface area contributed by atoms with Crippen LogP contribution in [0.4, 0.5) is 4.79 Å². The van der Waals surface area contributed by atoms with E-state index in [1.807, 2.05) is 20.8 Å². The molecule has 1 aliphatic heterocycles. The van der Waals surface area contributed by atoms with Crippen LogP contribution in [0, 0.1) is 0 Å². The van der Waals surface area contributed by atoms with Gasteiger partial charge in [-0.25, -0.2) is 4.79 Å². The number of likely N-dealkylation sites (tertiary alicyclic amines) is 1. The second kappa shape index (κ2) is 6.54. The third-order valence-electron chi connectivity index (χ3n) is 25.7. The second-order valence-corrected chi connectivity index (χ2v) is 27.7. The van der Waals surface area contributed by atoms with Crippen molar-refractivity contribution in [1.82, 2.24) is 10.2 Å². The smallest absolute Gasteiger partial charge is 0.407 e. The first kappa shape index (κ1) is 28.7. The minimum atomic E-state index is -0.543. The van der Waals surface area contributed by atoms with Crippen LogP contribution in [0.25, 0.3) is 291 Å². The fraction of sp³-hybridized carbons (Fsp3) is 0.145. The molecular formula is C69H18N2O2. The van der Waals surface area contributed by atoms with E-state index in [0.29, 0.717) is 6.54 Å². The van der Waals surface area contributed by atoms with Gasteiger partial charge in [0.05, 0.1) is 10.8 Å². The molecule has 1 fully saturated rings. The van der Waals surface area contributed by atoms with Crippen molar-refractivity contribution < 1.29 is 9.53 Å². The number of alkyl carbamates (subject to hydrolysis) is 1. The average molecular weight is 907 g/mol. The highest BCUT2D eigenvalue weighted by Gasteiger charge is 2.72. The largest absolute Gasteiger partial charge is 0.444 e. The maximum absolute atomic E-state index is 13.5. The Balaban J connectivity index is 1.04. The molecule has 316 valence electrons. The van der Waals surface area contributed by atoms with Gasteiger partial charge in [0, 0.05) is 26.2 Å². The van der Waals surface area contributed by atoms with Crippen LogP contribution < -0.4 is 5.32 Å². The number of rotatable bonds is 3. The van der Waals surface area contributed by atoms with Crippen molar-refractivity contribution in [3.8, 4) is 0 Å². The Hall–Kier alpha value is -8.31. The second-order valence-electron chi connectivity index (χ2n) is 27.7. The third kappa shape index (κ3) is 1.63. The van der Waals surface area contributed by atoms with Crippen LogP contribution in [-0.2, 0) is 15.6 Å². The van der Waals surface area contributed by atoms with E-state index < -0.39 is 5.60 Å². The normalized spacial score (nSPS) is 22.6. The fourth-order valence-electron chi connectivity index (χ4n) is 25.7. The average Bonchev–Trinajstić information content (AvgIpc) is 4.37. The zero-order valence-corrected chi connectivity index (χ0v) is 38.6. The lowest BCUT2D eigenvalue weighted by Crippen LogP contribution is -2.51. The first-order valence-electron chi connectivity index (χ1n) is 27.4. The summed E-state index contributed by atoms with van der Waals surface area (Å²) in [5.41, 5.74) is 5.82. The third-order valence-corrected chi connectivity index (χ3v) is 25.7. The molecule has 1 N–H and O–H groups in total. The highest BCUT2D eigenvalue weighted by atomic mass is 16.6. The molecule has 2 spiro atoms. The van der Waals surface area contributed by atoms with Gasteiger partial charge in [-0.3, -0.25) is 4.90 Å². The van der Waals surface area contributed by atoms with E-state index in [1.54, 1.807) is 313 Å². The number of carbonyl (C=O) groups excluding carboxylic acids is 1.